The monoisotopic (exact) mass is 238 g/mol. The van der Waals surface area contributed by atoms with Crippen LogP contribution in [0.4, 0.5) is 11.8 Å². The number of rotatable bonds is 3. The molecule has 17 heavy (non-hydrogen) atoms. The number of hydrogen-bond acceptors (Lipinski definition) is 6. The molecule has 0 unspecified atom stereocenters. The second-order valence-corrected chi connectivity index (χ2v) is 3.88. The molecule has 92 valence electrons. The number of carboxylic acid groups (broad SMARTS) is 1. The summed E-state index contributed by atoms with van der Waals surface area (Å²) in [6, 6.07) is 0.902. The summed E-state index contributed by atoms with van der Waals surface area (Å²) in [5.41, 5.74) is 0. The highest BCUT2D eigenvalue weighted by atomic mass is 16.4. The maximum atomic E-state index is 11.1. The Balaban J connectivity index is 2.28. The Kier molecular flexibility index (Phi) is 3.10. The van der Waals surface area contributed by atoms with E-state index in [4.69, 9.17) is 5.11 Å². The first-order chi connectivity index (χ1) is 8.11. The second-order valence-electron chi connectivity index (χ2n) is 3.88. The van der Waals surface area contributed by atoms with Gasteiger partial charge < -0.3 is 20.4 Å². The van der Waals surface area contributed by atoms with Crippen molar-refractivity contribution in [1.29, 1.82) is 0 Å². The predicted octanol–water partition coefficient (Wildman–Crippen LogP) is -0.458. The summed E-state index contributed by atoms with van der Waals surface area (Å²) in [5, 5.41) is 21.4. The molecule has 0 aromatic carbocycles. The standard InChI is InChI=1S/C10H14N4O3/c1-11-10-12-3-2-8(13-10)14-5-6(15)4-7(14)9(16)17/h2-3,6-7,15H,4-5H2,1H3,(H,16,17)(H,11,12,13)/t6-,7+/m1/s1. The summed E-state index contributed by atoms with van der Waals surface area (Å²) >= 11 is 0. The van der Waals surface area contributed by atoms with Gasteiger partial charge in [0.15, 0.2) is 0 Å². The average molecular weight is 238 g/mol. The maximum absolute atomic E-state index is 11.1. The first kappa shape index (κ1) is 11.6. The molecule has 0 saturated carbocycles. The van der Waals surface area contributed by atoms with Gasteiger partial charge in [-0.3, -0.25) is 0 Å². The minimum Gasteiger partial charge on any atom is -0.480 e. The fourth-order valence-electron chi connectivity index (χ4n) is 1.93. The molecule has 0 aliphatic carbocycles. The zero-order valence-electron chi connectivity index (χ0n) is 9.37. The molecule has 0 radical (unpaired) electrons. The molecule has 0 spiro atoms. The number of hydrogen-bond donors (Lipinski definition) is 3. The van der Waals surface area contributed by atoms with Crippen LogP contribution in [0.15, 0.2) is 12.3 Å². The van der Waals surface area contributed by atoms with Crippen molar-refractivity contribution in [2.75, 3.05) is 23.8 Å². The van der Waals surface area contributed by atoms with Crippen LogP contribution in [0.2, 0.25) is 0 Å². The number of carboxylic acids is 1. The van der Waals surface area contributed by atoms with Crippen LogP contribution in [-0.2, 0) is 4.79 Å². The van der Waals surface area contributed by atoms with Crippen molar-refractivity contribution in [2.24, 2.45) is 0 Å². The highest BCUT2D eigenvalue weighted by molar-refractivity contribution is 5.78. The number of nitrogens with zero attached hydrogens (tertiary/aromatic N) is 3. The summed E-state index contributed by atoms with van der Waals surface area (Å²) < 4.78 is 0. The average Bonchev–Trinajstić information content (AvgIpc) is 2.72. The zero-order valence-corrected chi connectivity index (χ0v) is 9.37. The van der Waals surface area contributed by atoms with Crippen molar-refractivity contribution in [3.63, 3.8) is 0 Å². The quantitative estimate of drug-likeness (QED) is 0.655. The third-order valence-corrected chi connectivity index (χ3v) is 2.72. The normalized spacial score (nSPS) is 23.8. The molecular formula is C10H14N4O3. The predicted molar refractivity (Wildman–Crippen MR) is 61.0 cm³/mol. The lowest BCUT2D eigenvalue weighted by atomic mass is 10.2. The second kappa shape index (κ2) is 4.54. The molecule has 0 amide bonds. The van der Waals surface area contributed by atoms with E-state index in [1.807, 2.05) is 0 Å². The minimum absolute atomic E-state index is 0.216. The summed E-state index contributed by atoms with van der Waals surface area (Å²) in [7, 11) is 1.69. The molecule has 1 saturated heterocycles. The molecule has 3 N–H and O–H groups in total. The van der Waals surface area contributed by atoms with Gasteiger partial charge in [-0.2, -0.15) is 4.98 Å². The largest absolute Gasteiger partial charge is 0.480 e. The van der Waals surface area contributed by atoms with Gasteiger partial charge in [-0.05, 0) is 6.07 Å². The first-order valence-electron chi connectivity index (χ1n) is 5.30. The van der Waals surface area contributed by atoms with Gasteiger partial charge in [0.25, 0.3) is 0 Å². The Labute approximate surface area is 98.1 Å². The van der Waals surface area contributed by atoms with E-state index in [1.54, 1.807) is 24.2 Å². The minimum atomic E-state index is -0.953. The number of nitrogens with one attached hydrogen (secondary N) is 1. The fourth-order valence-corrected chi connectivity index (χ4v) is 1.93. The van der Waals surface area contributed by atoms with E-state index in [0.29, 0.717) is 11.8 Å². The van der Waals surface area contributed by atoms with Gasteiger partial charge in [0, 0.05) is 26.2 Å². The van der Waals surface area contributed by atoms with Gasteiger partial charge in [0.1, 0.15) is 11.9 Å². The number of carbonyl (C=O) groups is 1. The van der Waals surface area contributed by atoms with Crippen LogP contribution in [0.3, 0.4) is 0 Å². The number of anilines is 2. The van der Waals surface area contributed by atoms with Crippen molar-refractivity contribution in [3.8, 4) is 0 Å². The fraction of sp³-hybridized carbons (Fsp3) is 0.500. The van der Waals surface area contributed by atoms with Crippen LogP contribution in [0.1, 0.15) is 6.42 Å². The van der Waals surface area contributed by atoms with Crippen molar-refractivity contribution in [1.82, 2.24) is 9.97 Å². The molecular weight excluding hydrogens is 224 g/mol. The highest BCUT2D eigenvalue weighted by Gasteiger charge is 2.36. The van der Waals surface area contributed by atoms with E-state index in [2.05, 4.69) is 15.3 Å². The molecule has 2 heterocycles. The third-order valence-electron chi connectivity index (χ3n) is 2.72. The number of aliphatic hydroxyl groups is 1. The Hall–Kier alpha value is -1.89. The van der Waals surface area contributed by atoms with Gasteiger partial charge in [0.2, 0.25) is 5.95 Å². The first-order valence-corrected chi connectivity index (χ1v) is 5.30. The summed E-state index contributed by atoms with van der Waals surface area (Å²) in [6.07, 6.45) is 1.13. The number of aromatic nitrogens is 2. The van der Waals surface area contributed by atoms with Gasteiger partial charge in [-0.1, -0.05) is 0 Å². The van der Waals surface area contributed by atoms with Gasteiger partial charge in [-0.15, -0.1) is 0 Å². The van der Waals surface area contributed by atoms with E-state index in [-0.39, 0.29) is 13.0 Å². The van der Waals surface area contributed by atoms with Crippen LogP contribution >= 0.6 is 0 Å². The Bertz CT molecular complexity index is 426. The van der Waals surface area contributed by atoms with E-state index >= 15 is 0 Å². The number of aliphatic carboxylic acids is 1. The van der Waals surface area contributed by atoms with Crippen LogP contribution in [0.5, 0.6) is 0 Å². The molecule has 1 aliphatic rings. The van der Waals surface area contributed by atoms with E-state index < -0.39 is 18.1 Å². The molecule has 1 aromatic heterocycles. The van der Waals surface area contributed by atoms with Crippen LogP contribution in [0.25, 0.3) is 0 Å². The molecule has 2 rings (SSSR count). The molecule has 1 aromatic rings. The zero-order chi connectivity index (χ0) is 12.4. The highest BCUT2D eigenvalue weighted by Crippen LogP contribution is 2.24. The Morgan fingerprint density at radius 1 is 1.65 bits per heavy atom. The molecule has 2 atom stereocenters. The molecule has 1 aliphatic heterocycles. The van der Waals surface area contributed by atoms with Crippen molar-refractivity contribution in [3.05, 3.63) is 12.3 Å². The van der Waals surface area contributed by atoms with Crippen molar-refractivity contribution in [2.45, 2.75) is 18.6 Å². The Morgan fingerprint density at radius 2 is 2.41 bits per heavy atom. The molecule has 1 fully saturated rings. The molecule has 0 bridgehead atoms. The summed E-state index contributed by atoms with van der Waals surface area (Å²) in [5.74, 6) is -0.0208. The van der Waals surface area contributed by atoms with Crippen LogP contribution < -0.4 is 10.2 Å². The van der Waals surface area contributed by atoms with Gasteiger partial charge >= 0.3 is 5.97 Å². The Morgan fingerprint density at radius 3 is 3.06 bits per heavy atom. The smallest absolute Gasteiger partial charge is 0.326 e. The van der Waals surface area contributed by atoms with Crippen molar-refractivity contribution < 1.29 is 15.0 Å². The topological polar surface area (TPSA) is 98.6 Å². The lowest BCUT2D eigenvalue weighted by Gasteiger charge is -2.22. The van der Waals surface area contributed by atoms with E-state index in [0.717, 1.165) is 0 Å². The third kappa shape index (κ3) is 2.28. The van der Waals surface area contributed by atoms with Gasteiger partial charge in [-0.25, -0.2) is 9.78 Å². The van der Waals surface area contributed by atoms with Crippen LogP contribution in [-0.4, -0.2) is 51.9 Å². The number of aliphatic hydroxyl groups excluding tert-OH is 1. The maximum Gasteiger partial charge on any atom is 0.326 e. The van der Waals surface area contributed by atoms with Gasteiger partial charge in [0.05, 0.1) is 6.10 Å². The summed E-state index contributed by atoms with van der Waals surface area (Å²) in [6.45, 7) is 0.275. The molecule has 7 heteroatoms. The molecule has 7 nitrogen and oxygen atoms in total. The van der Waals surface area contributed by atoms with Crippen LogP contribution in [0, 0.1) is 0 Å². The lowest BCUT2D eigenvalue weighted by Crippen LogP contribution is -2.36. The lowest BCUT2D eigenvalue weighted by molar-refractivity contribution is -0.138. The van der Waals surface area contributed by atoms with E-state index in [1.165, 1.54) is 0 Å². The van der Waals surface area contributed by atoms with Crippen molar-refractivity contribution >= 4 is 17.7 Å². The number of β-amino-alcohol motifs (C(OH)–C–C–N with tert-alkyl or cyclic N) is 1. The summed E-state index contributed by atoms with van der Waals surface area (Å²) in [4.78, 5) is 20.8. The van der Waals surface area contributed by atoms with E-state index in [9.17, 15) is 9.90 Å². The SMILES string of the molecule is CNc1nccc(N2C[C@H](O)C[C@H]2C(=O)O)n1.